The Morgan fingerprint density at radius 1 is 1.32 bits per heavy atom. The van der Waals surface area contributed by atoms with Crippen LogP contribution in [0.25, 0.3) is 10.7 Å². The van der Waals surface area contributed by atoms with E-state index in [0.29, 0.717) is 24.8 Å². The average Bonchev–Trinajstić information content (AvgIpc) is 3.39. The van der Waals surface area contributed by atoms with Gasteiger partial charge in [0.15, 0.2) is 0 Å². The predicted molar refractivity (Wildman–Crippen MR) is 109 cm³/mol. The van der Waals surface area contributed by atoms with Crippen molar-refractivity contribution in [2.75, 3.05) is 13.1 Å². The number of hydrogen-bond acceptors (Lipinski definition) is 6. The molecule has 2 aromatic heterocycles. The first-order chi connectivity index (χ1) is 13.7. The van der Waals surface area contributed by atoms with Crippen LogP contribution in [0.2, 0.25) is 0 Å². The topological polar surface area (TPSA) is 71.3 Å². The molecular formula is C21H24N4O2S. The van der Waals surface area contributed by atoms with Crippen LogP contribution in [0.3, 0.4) is 0 Å². The molecule has 3 aromatic rings. The Kier molecular flexibility index (Phi) is 5.83. The van der Waals surface area contributed by atoms with Crippen molar-refractivity contribution >= 4 is 17.2 Å². The highest BCUT2D eigenvalue weighted by atomic mass is 32.1. The summed E-state index contributed by atoms with van der Waals surface area (Å²) >= 11 is 1.59. The van der Waals surface area contributed by atoms with Gasteiger partial charge in [-0.1, -0.05) is 41.1 Å². The van der Waals surface area contributed by atoms with Gasteiger partial charge in [0.25, 0.3) is 0 Å². The number of amides is 1. The van der Waals surface area contributed by atoms with Crippen LogP contribution >= 0.6 is 11.3 Å². The normalized spacial score (nSPS) is 17.5. The van der Waals surface area contributed by atoms with Crippen LogP contribution in [0.1, 0.15) is 29.9 Å². The maximum Gasteiger partial charge on any atom is 0.241 e. The number of likely N-dealkylation sites (tertiary alicyclic amines) is 1. The van der Waals surface area contributed by atoms with Crippen molar-refractivity contribution in [3.8, 4) is 10.7 Å². The molecule has 1 N–H and O–H groups in total. The van der Waals surface area contributed by atoms with E-state index < -0.39 is 0 Å². The lowest BCUT2D eigenvalue weighted by Gasteiger charge is -2.30. The van der Waals surface area contributed by atoms with Crippen LogP contribution in [0.15, 0.2) is 46.3 Å². The van der Waals surface area contributed by atoms with E-state index in [1.54, 1.807) is 11.3 Å². The molecule has 1 fully saturated rings. The first kappa shape index (κ1) is 18.8. The lowest BCUT2D eigenvalue weighted by molar-refractivity contribution is -0.127. The van der Waals surface area contributed by atoms with E-state index in [9.17, 15) is 4.79 Å². The zero-order valence-corrected chi connectivity index (χ0v) is 16.7. The molecule has 1 saturated heterocycles. The second-order valence-corrected chi connectivity index (χ2v) is 8.21. The van der Waals surface area contributed by atoms with Crippen molar-refractivity contribution in [2.24, 2.45) is 5.92 Å². The molecule has 0 saturated carbocycles. The number of benzene rings is 1. The highest BCUT2D eigenvalue weighted by Gasteiger charge is 2.26. The number of hydrogen-bond donors (Lipinski definition) is 1. The summed E-state index contributed by atoms with van der Waals surface area (Å²) in [6, 6.07) is 12.2. The Bertz CT molecular complexity index is 905. The first-order valence-electron chi connectivity index (χ1n) is 9.59. The van der Waals surface area contributed by atoms with Crippen LogP contribution in [0.5, 0.6) is 0 Å². The molecule has 146 valence electrons. The average molecular weight is 397 g/mol. The Morgan fingerprint density at radius 3 is 2.96 bits per heavy atom. The van der Waals surface area contributed by atoms with E-state index in [2.05, 4.69) is 51.5 Å². The third-order valence-electron chi connectivity index (χ3n) is 5.03. The molecule has 0 spiro atoms. The smallest absolute Gasteiger partial charge is 0.241 e. The van der Waals surface area contributed by atoms with E-state index in [-0.39, 0.29) is 11.8 Å². The number of aryl methyl sites for hydroxylation is 1. The number of rotatable bonds is 6. The number of aromatic nitrogens is 2. The second-order valence-electron chi connectivity index (χ2n) is 7.27. The van der Waals surface area contributed by atoms with Crippen molar-refractivity contribution in [1.82, 2.24) is 20.4 Å². The predicted octanol–water partition coefficient (Wildman–Crippen LogP) is 3.63. The molecule has 1 atom stereocenters. The summed E-state index contributed by atoms with van der Waals surface area (Å²) in [4.78, 5) is 20.3. The number of nitrogens with one attached hydrogen (secondary N) is 1. The molecule has 1 aliphatic heterocycles. The molecular weight excluding hydrogens is 372 g/mol. The maximum atomic E-state index is 12.6. The van der Waals surface area contributed by atoms with Gasteiger partial charge in [0, 0.05) is 13.1 Å². The number of carbonyl (C=O) groups excluding carboxylic acids is 1. The number of thiophene rings is 1. The van der Waals surface area contributed by atoms with Gasteiger partial charge in [-0.15, -0.1) is 11.3 Å². The Morgan fingerprint density at radius 2 is 2.18 bits per heavy atom. The van der Waals surface area contributed by atoms with E-state index in [4.69, 9.17) is 4.52 Å². The van der Waals surface area contributed by atoms with Gasteiger partial charge in [0.1, 0.15) is 0 Å². The van der Waals surface area contributed by atoms with Gasteiger partial charge in [-0.3, -0.25) is 9.69 Å². The summed E-state index contributed by atoms with van der Waals surface area (Å²) in [7, 11) is 0. The Labute approximate surface area is 168 Å². The van der Waals surface area contributed by atoms with Gasteiger partial charge in [0.2, 0.25) is 17.6 Å². The van der Waals surface area contributed by atoms with E-state index in [0.717, 1.165) is 36.4 Å². The molecule has 7 heteroatoms. The number of carbonyl (C=O) groups is 1. The van der Waals surface area contributed by atoms with Crippen LogP contribution < -0.4 is 5.32 Å². The summed E-state index contributed by atoms with van der Waals surface area (Å²) in [6.07, 6.45) is 1.91. The first-order valence-corrected chi connectivity index (χ1v) is 10.5. The highest BCUT2D eigenvalue weighted by molar-refractivity contribution is 7.13. The molecule has 6 nitrogen and oxygen atoms in total. The van der Waals surface area contributed by atoms with Crippen molar-refractivity contribution < 1.29 is 9.32 Å². The minimum Gasteiger partial charge on any atom is -0.352 e. The fourth-order valence-electron chi connectivity index (χ4n) is 3.47. The van der Waals surface area contributed by atoms with Gasteiger partial charge in [0.05, 0.1) is 17.3 Å². The molecule has 4 rings (SSSR count). The molecule has 1 unspecified atom stereocenters. The van der Waals surface area contributed by atoms with Crippen LogP contribution in [-0.2, 0) is 17.9 Å². The monoisotopic (exact) mass is 396 g/mol. The van der Waals surface area contributed by atoms with E-state index in [1.165, 1.54) is 5.56 Å². The summed E-state index contributed by atoms with van der Waals surface area (Å²) in [5, 5.41) is 9.14. The van der Waals surface area contributed by atoms with Gasteiger partial charge < -0.3 is 9.84 Å². The maximum absolute atomic E-state index is 12.6. The van der Waals surface area contributed by atoms with Crippen molar-refractivity contribution in [3.63, 3.8) is 0 Å². The largest absolute Gasteiger partial charge is 0.352 e. The highest BCUT2D eigenvalue weighted by Crippen LogP contribution is 2.23. The minimum atomic E-state index is -0.00103. The van der Waals surface area contributed by atoms with E-state index in [1.807, 2.05) is 17.5 Å². The van der Waals surface area contributed by atoms with Crippen LogP contribution in [-0.4, -0.2) is 34.0 Å². The zero-order valence-electron chi connectivity index (χ0n) is 15.9. The lowest BCUT2D eigenvalue weighted by atomic mass is 9.97. The van der Waals surface area contributed by atoms with Crippen LogP contribution in [0.4, 0.5) is 0 Å². The quantitative estimate of drug-likeness (QED) is 0.689. The van der Waals surface area contributed by atoms with Crippen LogP contribution in [0, 0.1) is 12.8 Å². The standard InChI is InChI=1S/C21H24N4O2S/c1-15-6-8-16(9-7-15)12-22-21(26)17-4-2-10-25(13-17)14-19-23-20(24-27-19)18-5-3-11-28-18/h3,5-9,11,17H,2,4,10,12-14H2,1H3,(H,22,26). The summed E-state index contributed by atoms with van der Waals surface area (Å²) in [5.74, 6) is 1.35. The molecule has 1 aliphatic rings. The Hall–Kier alpha value is -2.51. The number of nitrogens with zero attached hydrogens (tertiary/aromatic N) is 3. The molecule has 1 amide bonds. The summed E-state index contributed by atoms with van der Waals surface area (Å²) in [6.45, 7) is 4.88. The molecule has 0 radical (unpaired) electrons. The molecule has 0 aliphatic carbocycles. The van der Waals surface area contributed by atoms with E-state index >= 15 is 0 Å². The molecule has 28 heavy (non-hydrogen) atoms. The fourth-order valence-corrected chi connectivity index (χ4v) is 4.12. The summed E-state index contributed by atoms with van der Waals surface area (Å²) in [5.41, 5.74) is 2.35. The third kappa shape index (κ3) is 4.66. The molecule has 3 heterocycles. The van der Waals surface area contributed by atoms with Gasteiger partial charge in [-0.2, -0.15) is 4.98 Å². The van der Waals surface area contributed by atoms with Crippen molar-refractivity contribution in [3.05, 3.63) is 58.8 Å². The van der Waals surface area contributed by atoms with Crippen molar-refractivity contribution in [1.29, 1.82) is 0 Å². The minimum absolute atomic E-state index is 0.00103. The van der Waals surface area contributed by atoms with Crippen molar-refractivity contribution in [2.45, 2.75) is 32.9 Å². The lowest BCUT2D eigenvalue weighted by Crippen LogP contribution is -2.42. The van der Waals surface area contributed by atoms with Gasteiger partial charge >= 0.3 is 0 Å². The molecule has 0 bridgehead atoms. The Balaban J connectivity index is 1.30. The second kappa shape index (κ2) is 8.67. The summed E-state index contributed by atoms with van der Waals surface area (Å²) < 4.78 is 5.41. The molecule has 1 aromatic carbocycles. The third-order valence-corrected chi connectivity index (χ3v) is 5.90. The number of piperidine rings is 1. The van der Waals surface area contributed by atoms with Gasteiger partial charge in [-0.25, -0.2) is 0 Å². The fraction of sp³-hybridized carbons (Fsp3) is 0.381. The van der Waals surface area contributed by atoms with Gasteiger partial charge in [-0.05, 0) is 43.3 Å². The SMILES string of the molecule is Cc1ccc(CNC(=O)C2CCCN(Cc3nc(-c4cccs4)no3)C2)cc1. The zero-order chi connectivity index (χ0) is 19.3.